The molecule has 0 aliphatic rings. The molecule has 0 saturated carbocycles. The molecule has 4 aromatic rings. The second-order valence-electron chi connectivity index (χ2n) is 7.59. The maximum atomic E-state index is 12.1. The van der Waals surface area contributed by atoms with Gasteiger partial charge in [0.25, 0.3) is 0 Å². The van der Waals surface area contributed by atoms with E-state index in [9.17, 15) is 9.59 Å². The number of benzene rings is 4. The number of carbonyl (C=O) groups is 2. The second kappa shape index (κ2) is 11.7. The Labute approximate surface area is 221 Å². The molecule has 36 heavy (non-hydrogen) atoms. The van der Waals surface area contributed by atoms with Crippen molar-refractivity contribution in [3.05, 3.63) is 99.5 Å². The van der Waals surface area contributed by atoms with Crippen LogP contribution >= 0.6 is 27.5 Å². The van der Waals surface area contributed by atoms with E-state index in [-0.39, 0.29) is 0 Å². The van der Waals surface area contributed by atoms with Gasteiger partial charge >= 0.3 is 11.8 Å². The third-order valence-electron chi connectivity index (χ3n) is 5.21. The molecule has 0 fully saturated rings. The highest BCUT2D eigenvalue weighted by atomic mass is 79.9. The number of fused-ring (bicyclic) bond motifs is 1. The van der Waals surface area contributed by atoms with Crippen LogP contribution in [0.2, 0.25) is 5.02 Å². The first kappa shape index (κ1) is 25.2. The van der Waals surface area contributed by atoms with Gasteiger partial charge in [-0.1, -0.05) is 66.2 Å². The van der Waals surface area contributed by atoms with Crippen LogP contribution in [-0.2, 0) is 16.2 Å². The standard InChI is InChI=1S/C27H21BrClN3O4/c1-35-24-14-17(15-30-32-27(34)26(33)31-23-12-5-4-11-22(23)29)13-21(28)25(24)36-16-19-9-6-8-18-7-2-3-10-20(18)19/h2-15H,16H2,1H3,(H,31,33)(H,32,34). The number of hydrazone groups is 1. The highest BCUT2D eigenvalue weighted by Crippen LogP contribution is 2.37. The van der Waals surface area contributed by atoms with Crippen LogP contribution in [-0.4, -0.2) is 25.1 Å². The molecule has 7 nitrogen and oxygen atoms in total. The molecule has 0 heterocycles. The maximum absolute atomic E-state index is 12.1. The fraction of sp³-hybridized carbons (Fsp3) is 0.0741. The average molecular weight is 567 g/mol. The van der Waals surface area contributed by atoms with Crippen LogP contribution < -0.4 is 20.2 Å². The van der Waals surface area contributed by atoms with Gasteiger partial charge in [-0.3, -0.25) is 9.59 Å². The Balaban J connectivity index is 1.42. The van der Waals surface area contributed by atoms with E-state index in [1.54, 1.807) is 36.4 Å². The predicted molar refractivity (Wildman–Crippen MR) is 145 cm³/mol. The van der Waals surface area contributed by atoms with Crippen molar-refractivity contribution in [2.45, 2.75) is 6.61 Å². The number of amides is 2. The number of methoxy groups -OCH3 is 1. The molecule has 2 N–H and O–H groups in total. The van der Waals surface area contributed by atoms with Crippen LogP contribution in [0, 0.1) is 0 Å². The van der Waals surface area contributed by atoms with Crippen molar-refractivity contribution in [1.29, 1.82) is 0 Å². The topological polar surface area (TPSA) is 89.0 Å². The molecule has 0 unspecified atom stereocenters. The van der Waals surface area contributed by atoms with Gasteiger partial charge in [-0.25, -0.2) is 5.43 Å². The number of nitrogens with zero attached hydrogens (tertiary/aromatic N) is 1. The van der Waals surface area contributed by atoms with E-state index < -0.39 is 11.8 Å². The molecule has 9 heteroatoms. The zero-order valence-corrected chi connectivity index (χ0v) is 21.5. The summed E-state index contributed by atoms with van der Waals surface area (Å²) in [5.41, 5.74) is 4.18. The SMILES string of the molecule is COc1cc(C=NNC(=O)C(=O)Nc2ccccc2Cl)cc(Br)c1OCc1cccc2ccccc12. The van der Waals surface area contributed by atoms with E-state index in [1.807, 2.05) is 24.3 Å². The van der Waals surface area contributed by atoms with Crippen LogP contribution in [0.25, 0.3) is 10.8 Å². The molecular formula is C27H21BrClN3O4. The highest BCUT2D eigenvalue weighted by molar-refractivity contribution is 9.10. The lowest BCUT2D eigenvalue weighted by Crippen LogP contribution is -2.32. The number of ether oxygens (including phenoxy) is 2. The zero-order chi connectivity index (χ0) is 25.5. The fourth-order valence-corrected chi connectivity index (χ4v) is 4.24. The minimum atomic E-state index is -0.938. The third-order valence-corrected chi connectivity index (χ3v) is 6.13. The molecule has 0 saturated heterocycles. The average Bonchev–Trinajstić information content (AvgIpc) is 2.89. The smallest absolute Gasteiger partial charge is 0.329 e. The Hall–Kier alpha value is -3.88. The van der Waals surface area contributed by atoms with Crippen molar-refractivity contribution < 1.29 is 19.1 Å². The molecule has 0 aliphatic heterocycles. The van der Waals surface area contributed by atoms with E-state index in [0.717, 1.165) is 16.3 Å². The monoisotopic (exact) mass is 565 g/mol. The minimum absolute atomic E-state index is 0.321. The molecule has 0 aliphatic carbocycles. The molecule has 0 radical (unpaired) electrons. The number of hydrogen-bond donors (Lipinski definition) is 2. The molecule has 0 bridgehead atoms. The fourth-order valence-electron chi connectivity index (χ4n) is 3.48. The van der Waals surface area contributed by atoms with E-state index in [1.165, 1.54) is 13.3 Å². The van der Waals surface area contributed by atoms with Gasteiger partial charge in [-0.05, 0) is 62.1 Å². The Kier molecular flexibility index (Phi) is 8.20. The normalized spacial score (nSPS) is 10.9. The number of halogens is 2. The molecule has 4 aromatic carbocycles. The van der Waals surface area contributed by atoms with E-state index >= 15 is 0 Å². The lowest BCUT2D eigenvalue weighted by Gasteiger charge is -2.14. The summed E-state index contributed by atoms with van der Waals surface area (Å²) >= 11 is 9.51. The summed E-state index contributed by atoms with van der Waals surface area (Å²) in [5, 5.41) is 8.87. The largest absolute Gasteiger partial charge is 0.493 e. The summed E-state index contributed by atoms with van der Waals surface area (Å²) in [6.07, 6.45) is 1.39. The maximum Gasteiger partial charge on any atom is 0.329 e. The predicted octanol–water partition coefficient (Wildman–Crippen LogP) is 5.93. The van der Waals surface area contributed by atoms with Crippen LogP contribution in [0.4, 0.5) is 5.69 Å². The molecule has 4 rings (SSSR count). The zero-order valence-electron chi connectivity index (χ0n) is 19.1. The summed E-state index contributed by atoms with van der Waals surface area (Å²) in [6, 6.07) is 24.3. The van der Waals surface area contributed by atoms with E-state index in [2.05, 4.69) is 50.0 Å². The first-order valence-corrected chi connectivity index (χ1v) is 12.0. The van der Waals surface area contributed by atoms with Gasteiger partial charge < -0.3 is 14.8 Å². The number of anilines is 1. The Morgan fingerprint density at radius 1 is 1.00 bits per heavy atom. The van der Waals surface area contributed by atoms with Crippen molar-refractivity contribution in [2.24, 2.45) is 5.10 Å². The van der Waals surface area contributed by atoms with Gasteiger partial charge in [0, 0.05) is 0 Å². The van der Waals surface area contributed by atoms with Crippen LogP contribution in [0.3, 0.4) is 0 Å². The van der Waals surface area contributed by atoms with Gasteiger partial charge in [0.2, 0.25) is 0 Å². The molecule has 0 aromatic heterocycles. The summed E-state index contributed by atoms with van der Waals surface area (Å²) in [7, 11) is 1.54. The summed E-state index contributed by atoms with van der Waals surface area (Å²) < 4.78 is 12.2. The van der Waals surface area contributed by atoms with Crippen molar-refractivity contribution in [1.82, 2.24) is 5.43 Å². The Morgan fingerprint density at radius 2 is 1.75 bits per heavy atom. The summed E-state index contributed by atoms with van der Waals surface area (Å²) in [5.74, 6) is -0.817. The lowest BCUT2D eigenvalue weighted by atomic mass is 10.1. The quantitative estimate of drug-likeness (QED) is 0.165. The number of para-hydroxylation sites is 1. The van der Waals surface area contributed by atoms with Crippen LogP contribution in [0.1, 0.15) is 11.1 Å². The lowest BCUT2D eigenvalue weighted by molar-refractivity contribution is -0.136. The number of nitrogens with one attached hydrogen (secondary N) is 2. The van der Waals surface area contributed by atoms with Gasteiger partial charge in [0.1, 0.15) is 6.61 Å². The molecule has 0 atom stereocenters. The van der Waals surface area contributed by atoms with Gasteiger partial charge in [-0.2, -0.15) is 5.10 Å². The van der Waals surface area contributed by atoms with Crippen LogP contribution in [0.15, 0.2) is 88.4 Å². The van der Waals surface area contributed by atoms with Crippen LogP contribution in [0.5, 0.6) is 11.5 Å². The Bertz CT molecular complexity index is 1450. The number of hydrogen-bond acceptors (Lipinski definition) is 5. The van der Waals surface area contributed by atoms with Crippen molar-refractivity contribution in [3.8, 4) is 11.5 Å². The first-order chi connectivity index (χ1) is 17.5. The van der Waals surface area contributed by atoms with Gasteiger partial charge in [0.15, 0.2) is 11.5 Å². The van der Waals surface area contributed by atoms with Crippen molar-refractivity contribution in [3.63, 3.8) is 0 Å². The summed E-state index contributed by atoms with van der Waals surface area (Å²) in [6.45, 7) is 0.348. The minimum Gasteiger partial charge on any atom is -0.493 e. The molecule has 182 valence electrons. The third kappa shape index (κ3) is 6.02. The Morgan fingerprint density at radius 3 is 2.56 bits per heavy atom. The van der Waals surface area contributed by atoms with E-state index in [4.69, 9.17) is 21.1 Å². The number of rotatable bonds is 7. The molecular weight excluding hydrogens is 546 g/mol. The summed E-state index contributed by atoms with van der Waals surface area (Å²) in [4.78, 5) is 24.1. The first-order valence-electron chi connectivity index (χ1n) is 10.8. The van der Waals surface area contributed by atoms with Gasteiger partial charge in [0.05, 0.1) is 28.5 Å². The molecule has 2 amide bonds. The highest BCUT2D eigenvalue weighted by Gasteiger charge is 2.15. The molecule has 0 spiro atoms. The second-order valence-corrected chi connectivity index (χ2v) is 8.86. The van der Waals surface area contributed by atoms with Crippen molar-refractivity contribution >= 4 is 62.0 Å². The van der Waals surface area contributed by atoms with Crippen molar-refractivity contribution in [2.75, 3.05) is 12.4 Å². The van der Waals surface area contributed by atoms with E-state index in [0.29, 0.717) is 38.9 Å². The number of carbonyl (C=O) groups excluding carboxylic acids is 2. The van der Waals surface area contributed by atoms with Gasteiger partial charge in [-0.15, -0.1) is 0 Å².